The lowest BCUT2D eigenvalue weighted by Gasteiger charge is -2.52. The first-order chi connectivity index (χ1) is 16.1. The van der Waals surface area contributed by atoms with Crippen molar-refractivity contribution in [3.8, 4) is 0 Å². The molecule has 36 heavy (non-hydrogen) atoms. The molecule has 1 aliphatic rings. The third-order valence-electron chi connectivity index (χ3n) is 11.0. The van der Waals surface area contributed by atoms with Gasteiger partial charge < -0.3 is 4.74 Å². The molecule has 0 radical (unpaired) electrons. The van der Waals surface area contributed by atoms with Crippen molar-refractivity contribution >= 4 is 5.97 Å². The predicted octanol–water partition coefficient (Wildman–Crippen LogP) is 10.6. The second kappa shape index (κ2) is 11.7. The Hall–Kier alpha value is -0.530. The second-order valence-corrected chi connectivity index (χ2v) is 16.5. The molecule has 214 valence electrons. The number of esters is 1. The number of hydrogen-bond donors (Lipinski definition) is 0. The lowest BCUT2D eigenvalue weighted by atomic mass is 9.55. The molecule has 0 aromatic carbocycles. The lowest BCUT2D eigenvalue weighted by molar-refractivity contribution is -0.201. The number of carbonyl (C=O) groups excluding carboxylic acids is 1. The zero-order valence-corrected chi connectivity index (χ0v) is 27.5. The van der Waals surface area contributed by atoms with Gasteiger partial charge in [-0.1, -0.05) is 110 Å². The molecule has 0 saturated heterocycles. The largest absolute Gasteiger partial charge is 0.458 e. The topological polar surface area (TPSA) is 26.3 Å². The summed E-state index contributed by atoms with van der Waals surface area (Å²) in [5.41, 5.74) is -1.15. The Morgan fingerprint density at radius 1 is 0.861 bits per heavy atom. The van der Waals surface area contributed by atoms with Crippen LogP contribution in [0.25, 0.3) is 0 Å². The van der Waals surface area contributed by atoms with Gasteiger partial charge in [-0.2, -0.15) is 0 Å². The fourth-order valence-electron chi connectivity index (χ4n) is 7.38. The van der Waals surface area contributed by atoms with Crippen LogP contribution >= 0.6 is 0 Å². The average molecular weight is 507 g/mol. The van der Waals surface area contributed by atoms with Gasteiger partial charge in [0.1, 0.15) is 5.60 Å². The van der Waals surface area contributed by atoms with Crippen LogP contribution in [0.1, 0.15) is 149 Å². The molecule has 1 fully saturated rings. The quantitative estimate of drug-likeness (QED) is 0.242. The zero-order chi connectivity index (χ0) is 28.5. The molecule has 6 atom stereocenters. The molecule has 1 aliphatic carbocycles. The van der Waals surface area contributed by atoms with Crippen LogP contribution in [0.3, 0.4) is 0 Å². The van der Waals surface area contributed by atoms with Gasteiger partial charge in [-0.05, 0) is 84.9 Å². The second-order valence-electron chi connectivity index (χ2n) is 16.5. The van der Waals surface area contributed by atoms with Gasteiger partial charge in [-0.3, -0.25) is 4.79 Å². The molecule has 0 aromatic rings. The van der Waals surface area contributed by atoms with Crippen LogP contribution in [0.2, 0.25) is 0 Å². The third kappa shape index (κ3) is 7.11. The van der Waals surface area contributed by atoms with E-state index in [1.165, 1.54) is 19.3 Å². The Morgan fingerprint density at radius 3 is 1.72 bits per heavy atom. The highest BCUT2D eigenvalue weighted by molar-refractivity contribution is 5.79. The van der Waals surface area contributed by atoms with Crippen molar-refractivity contribution in [3.05, 3.63) is 0 Å². The van der Waals surface area contributed by atoms with Crippen molar-refractivity contribution in [3.63, 3.8) is 0 Å². The Kier molecular flexibility index (Phi) is 10.9. The first-order valence-electron chi connectivity index (χ1n) is 15.3. The number of rotatable bonds is 8. The maximum atomic E-state index is 14.5. The van der Waals surface area contributed by atoms with E-state index in [0.717, 1.165) is 19.3 Å². The van der Waals surface area contributed by atoms with E-state index >= 15 is 0 Å². The molecule has 0 amide bonds. The van der Waals surface area contributed by atoms with Gasteiger partial charge in [0, 0.05) is 5.92 Å². The first kappa shape index (κ1) is 33.5. The highest BCUT2D eigenvalue weighted by Gasteiger charge is 2.57. The average Bonchev–Trinajstić information content (AvgIpc) is 2.86. The zero-order valence-electron chi connectivity index (χ0n) is 27.5. The van der Waals surface area contributed by atoms with E-state index in [1.807, 2.05) is 0 Å². The molecule has 2 heteroatoms. The summed E-state index contributed by atoms with van der Waals surface area (Å²) in [4.78, 5) is 14.5. The van der Waals surface area contributed by atoms with Gasteiger partial charge in [0.15, 0.2) is 0 Å². The first-order valence-corrected chi connectivity index (χ1v) is 15.3. The molecule has 0 heterocycles. The maximum Gasteiger partial charge on any atom is 0.313 e. The summed E-state index contributed by atoms with van der Waals surface area (Å²) in [6, 6.07) is 0. The van der Waals surface area contributed by atoms with Crippen molar-refractivity contribution in [1.82, 2.24) is 0 Å². The standard InChI is InChI=1S/C34H66O2/c1-17-24(5)25(6)28-21-27(30(7,8)9)20-26(19-23(3)4)22-34(28,18-2)36-29(35)33(16,31(10,11)12)32(13,14)15/h23-28H,17-22H2,1-16H3. The summed E-state index contributed by atoms with van der Waals surface area (Å²) in [6.07, 6.45) is 6.71. The van der Waals surface area contributed by atoms with Crippen LogP contribution in [0.4, 0.5) is 0 Å². The van der Waals surface area contributed by atoms with Crippen LogP contribution in [0.15, 0.2) is 0 Å². The summed E-state index contributed by atoms with van der Waals surface area (Å²) in [6.45, 7) is 36.9. The SMILES string of the molecule is CCC(C)C(C)C1CC(C(C)(C)C)CC(CC(C)C)CC1(CC)OC(=O)C(C)(C(C)(C)C)C(C)(C)C. The molecular weight excluding hydrogens is 440 g/mol. The van der Waals surface area contributed by atoms with Crippen LogP contribution < -0.4 is 0 Å². The number of hydrogen-bond acceptors (Lipinski definition) is 2. The van der Waals surface area contributed by atoms with Gasteiger partial charge in [0.25, 0.3) is 0 Å². The molecule has 6 unspecified atom stereocenters. The lowest BCUT2D eigenvalue weighted by Crippen LogP contribution is -2.55. The van der Waals surface area contributed by atoms with Crippen LogP contribution in [0.5, 0.6) is 0 Å². The fraction of sp³-hybridized carbons (Fsp3) is 0.971. The Bertz CT molecular complexity index is 684. The van der Waals surface area contributed by atoms with Crippen LogP contribution in [0, 0.1) is 57.2 Å². The predicted molar refractivity (Wildman–Crippen MR) is 158 cm³/mol. The van der Waals surface area contributed by atoms with Gasteiger partial charge >= 0.3 is 5.97 Å². The van der Waals surface area contributed by atoms with Crippen molar-refractivity contribution in [2.45, 2.75) is 155 Å². The van der Waals surface area contributed by atoms with E-state index in [1.54, 1.807) is 0 Å². The van der Waals surface area contributed by atoms with Gasteiger partial charge in [-0.25, -0.2) is 0 Å². The smallest absolute Gasteiger partial charge is 0.313 e. The molecule has 0 aromatic heterocycles. The normalized spacial score (nSPS) is 28.5. The minimum Gasteiger partial charge on any atom is -0.458 e. The van der Waals surface area contributed by atoms with E-state index in [0.29, 0.717) is 35.5 Å². The number of carbonyl (C=O) groups is 1. The molecule has 0 spiro atoms. The van der Waals surface area contributed by atoms with Crippen molar-refractivity contribution in [2.24, 2.45) is 57.2 Å². The highest BCUT2D eigenvalue weighted by Crippen LogP contribution is 2.56. The van der Waals surface area contributed by atoms with E-state index in [2.05, 4.69) is 111 Å². The molecule has 1 saturated carbocycles. The summed E-state index contributed by atoms with van der Waals surface area (Å²) >= 11 is 0. The molecule has 0 N–H and O–H groups in total. The van der Waals surface area contributed by atoms with Crippen molar-refractivity contribution < 1.29 is 9.53 Å². The van der Waals surface area contributed by atoms with Crippen molar-refractivity contribution in [1.29, 1.82) is 0 Å². The minimum atomic E-state index is -0.588. The summed E-state index contributed by atoms with van der Waals surface area (Å²) in [5.74, 6) is 3.40. The minimum absolute atomic E-state index is 0.0169. The van der Waals surface area contributed by atoms with E-state index in [4.69, 9.17) is 4.74 Å². The van der Waals surface area contributed by atoms with E-state index in [9.17, 15) is 4.79 Å². The molecule has 1 rings (SSSR count). The molecular formula is C34H66O2. The summed E-state index contributed by atoms with van der Waals surface area (Å²) < 4.78 is 7.09. The van der Waals surface area contributed by atoms with Crippen LogP contribution in [-0.4, -0.2) is 11.6 Å². The van der Waals surface area contributed by atoms with Gasteiger partial charge in [0.2, 0.25) is 0 Å². The highest BCUT2D eigenvalue weighted by atomic mass is 16.6. The molecule has 0 aliphatic heterocycles. The fourth-order valence-corrected chi connectivity index (χ4v) is 7.38. The summed E-state index contributed by atoms with van der Waals surface area (Å²) in [5, 5.41) is 0. The van der Waals surface area contributed by atoms with Crippen LogP contribution in [-0.2, 0) is 9.53 Å². The Labute approximate surface area is 227 Å². The summed E-state index contributed by atoms with van der Waals surface area (Å²) in [7, 11) is 0. The van der Waals surface area contributed by atoms with Gasteiger partial charge in [0.05, 0.1) is 5.41 Å². The monoisotopic (exact) mass is 507 g/mol. The Balaban J connectivity index is 3.77. The maximum absolute atomic E-state index is 14.5. The van der Waals surface area contributed by atoms with Crippen molar-refractivity contribution in [2.75, 3.05) is 0 Å². The Morgan fingerprint density at radius 2 is 1.36 bits per heavy atom. The molecule has 2 nitrogen and oxygen atoms in total. The third-order valence-corrected chi connectivity index (χ3v) is 11.0. The van der Waals surface area contributed by atoms with Gasteiger partial charge in [-0.15, -0.1) is 0 Å². The number of ether oxygens (including phenoxy) is 1. The van der Waals surface area contributed by atoms with E-state index in [-0.39, 0.29) is 22.2 Å². The van der Waals surface area contributed by atoms with E-state index < -0.39 is 11.0 Å². The molecule has 0 bridgehead atoms.